The Balaban J connectivity index is 3.39. The largest absolute Gasteiger partial charge is 0.555 e. The predicted molar refractivity (Wildman–Crippen MR) is 32.9 cm³/mol. The number of hydrogen-bond donors (Lipinski definition) is 0. The van der Waals surface area contributed by atoms with E-state index in [1.54, 1.807) is 6.92 Å². The van der Waals surface area contributed by atoms with Gasteiger partial charge in [-0.25, -0.2) is 0 Å². The number of rotatable bonds is 3. The maximum absolute atomic E-state index is 10.4. The second kappa shape index (κ2) is 4.58. The molecule has 0 amide bonds. The topological polar surface area (TPSA) is 26.3 Å². The molecule has 0 aromatic carbocycles. The molecule has 0 aromatic rings. The molecular formula is C5H8O2P+. The molecule has 0 rings (SSSR count). The van der Waals surface area contributed by atoms with Crippen molar-refractivity contribution in [2.45, 2.75) is 6.92 Å². The van der Waals surface area contributed by atoms with E-state index in [-0.39, 0.29) is 0 Å². The van der Waals surface area contributed by atoms with Crippen LogP contribution in [0.1, 0.15) is 6.92 Å². The first-order valence-electron chi connectivity index (χ1n) is 2.27. The zero-order chi connectivity index (χ0) is 6.41. The van der Waals surface area contributed by atoms with Gasteiger partial charge in [0.25, 0.3) is 0 Å². The first kappa shape index (κ1) is 7.42. The summed E-state index contributed by atoms with van der Waals surface area (Å²) in [5, 5.41) is 0. The van der Waals surface area contributed by atoms with Crippen molar-refractivity contribution in [1.82, 2.24) is 0 Å². The lowest BCUT2D eigenvalue weighted by Crippen LogP contribution is -1.66. The van der Waals surface area contributed by atoms with Crippen molar-refractivity contribution in [2.24, 2.45) is 0 Å². The molecule has 1 atom stereocenters. The van der Waals surface area contributed by atoms with Gasteiger partial charge in [0.05, 0.1) is 0 Å². The second-order valence-electron chi connectivity index (χ2n) is 1.08. The molecule has 0 N–H and O–H groups in total. The lowest BCUT2D eigenvalue weighted by molar-refractivity contribution is 0.465. The molecule has 0 heterocycles. The summed E-state index contributed by atoms with van der Waals surface area (Å²) in [6, 6.07) is 0. The summed E-state index contributed by atoms with van der Waals surface area (Å²) in [6.45, 7) is 5.02. The summed E-state index contributed by atoms with van der Waals surface area (Å²) in [4.78, 5) is 0. The average molecular weight is 131 g/mol. The molecule has 0 saturated heterocycles. The molecule has 8 heavy (non-hydrogen) atoms. The van der Waals surface area contributed by atoms with E-state index in [1.807, 2.05) is 0 Å². The van der Waals surface area contributed by atoms with Crippen LogP contribution in [0.3, 0.4) is 0 Å². The fraction of sp³-hybridized carbons (Fsp3) is 0.400. The first-order valence-corrected chi connectivity index (χ1v) is 3.63. The highest BCUT2D eigenvalue weighted by molar-refractivity contribution is 7.39. The maximum atomic E-state index is 10.4. The van der Waals surface area contributed by atoms with Gasteiger partial charge in [-0.1, -0.05) is 12.3 Å². The Labute approximate surface area is 49.7 Å². The molecule has 0 radical (unpaired) electrons. The molecule has 2 nitrogen and oxygen atoms in total. The minimum absolute atomic E-state index is 0.535. The minimum atomic E-state index is -1.49. The van der Waals surface area contributed by atoms with Crippen LogP contribution in [0.15, 0.2) is 18.6 Å². The molecule has 0 aliphatic heterocycles. The second-order valence-corrected chi connectivity index (χ2v) is 2.59. The highest BCUT2D eigenvalue weighted by Crippen LogP contribution is 2.20. The van der Waals surface area contributed by atoms with Gasteiger partial charge < -0.3 is 0 Å². The molecule has 0 aliphatic carbocycles. The Morgan fingerprint density at radius 2 is 2.62 bits per heavy atom. The zero-order valence-electron chi connectivity index (χ0n) is 4.76. The molecule has 0 spiro atoms. The Kier molecular flexibility index (Phi) is 4.24. The molecule has 0 bridgehead atoms. The Bertz CT molecular complexity index is 124. The van der Waals surface area contributed by atoms with Gasteiger partial charge >= 0.3 is 8.03 Å². The fourth-order valence-corrected chi connectivity index (χ4v) is 0.512. The van der Waals surface area contributed by atoms with Crippen molar-refractivity contribution in [1.29, 1.82) is 0 Å². The van der Waals surface area contributed by atoms with Crippen LogP contribution in [-0.2, 0) is 9.09 Å². The standard InChI is InChI=1S/C5H8O2P/c1-3-5-7-8(6)4-2/h5H,1,4H2,2H3/q+1. The normalized spacial score (nSPS) is 9.38. The molecule has 0 aliphatic rings. The average Bonchev–Trinajstić information content (AvgIpc) is 1.83. The summed E-state index contributed by atoms with van der Waals surface area (Å²) in [7, 11) is -1.49. The van der Waals surface area contributed by atoms with Gasteiger partial charge in [-0.2, -0.15) is 0 Å². The lowest BCUT2D eigenvalue weighted by Gasteiger charge is -1.72. The van der Waals surface area contributed by atoms with Gasteiger partial charge in [-0.05, 0) is 11.5 Å². The summed E-state index contributed by atoms with van der Waals surface area (Å²) in [6.07, 6.45) is 1.75. The third-order valence-corrected chi connectivity index (χ3v) is 1.37. The Morgan fingerprint density at radius 1 is 2.00 bits per heavy atom. The van der Waals surface area contributed by atoms with Crippen LogP contribution in [-0.4, -0.2) is 6.16 Å². The monoisotopic (exact) mass is 131 g/mol. The first-order chi connectivity index (χ1) is 3.81. The van der Waals surface area contributed by atoms with Crippen molar-refractivity contribution >= 4 is 8.03 Å². The van der Waals surface area contributed by atoms with Gasteiger partial charge in [0.2, 0.25) is 0 Å². The Morgan fingerprint density at radius 3 is 3.00 bits per heavy atom. The molecule has 44 valence electrons. The van der Waals surface area contributed by atoms with Crippen molar-refractivity contribution in [3.8, 4) is 0 Å². The van der Waals surface area contributed by atoms with Gasteiger partial charge in [0.15, 0.2) is 12.4 Å². The molecule has 0 aromatic heterocycles. The summed E-state index contributed by atoms with van der Waals surface area (Å²) >= 11 is 0. The minimum Gasteiger partial charge on any atom is -0.254 e. The highest BCUT2D eigenvalue weighted by atomic mass is 31.1. The smallest absolute Gasteiger partial charge is 0.254 e. The van der Waals surface area contributed by atoms with Gasteiger partial charge in [-0.3, -0.25) is 4.52 Å². The van der Waals surface area contributed by atoms with E-state index in [0.717, 1.165) is 0 Å². The van der Waals surface area contributed by atoms with Crippen LogP contribution >= 0.6 is 8.03 Å². The van der Waals surface area contributed by atoms with Crippen molar-refractivity contribution in [3.05, 3.63) is 18.6 Å². The van der Waals surface area contributed by atoms with Crippen molar-refractivity contribution < 1.29 is 9.09 Å². The summed E-state index contributed by atoms with van der Waals surface area (Å²) < 4.78 is 14.9. The third kappa shape index (κ3) is 3.60. The predicted octanol–water partition coefficient (Wildman–Crippen LogP) is 2.06. The van der Waals surface area contributed by atoms with E-state index in [4.69, 9.17) is 0 Å². The van der Waals surface area contributed by atoms with E-state index in [9.17, 15) is 4.57 Å². The fourth-order valence-electron chi connectivity index (χ4n) is 0.171. The van der Waals surface area contributed by atoms with Gasteiger partial charge in [0.1, 0.15) is 0 Å². The molecule has 1 unspecified atom stereocenters. The summed E-state index contributed by atoms with van der Waals surface area (Å²) in [5.41, 5.74) is 2.35. The van der Waals surface area contributed by atoms with Crippen molar-refractivity contribution in [3.63, 3.8) is 0 Å². The zero-order valence-corrected chi connectivity index (χ0v) is 5.65. The highest BCUT2D eigenvalue weighted by Gasteiger charge is 2.08. The molecular weight excluding hydrogens is 123 g/mol. The van der Waals surface area contributed by atoms with Gasteiger partial charge in [0, 0.05) is 0 Å². The van der Waals surface area contributed by atoms with Crippen LogP contribution < -0.4 is 0 Å². The van der Waals surface area contributed by atoms with Crippen molar-refractivity contribution in [2.75, 3.05) is 6.16 Å². The van der Waals surface area contributed by atoms with Crippen LogP contribution in [0.2, 0.25) is 0 Å². The van der Waals surface area contributed by atoms with Crippen LogP contribution in [0.25, 0.3) is 0 Å². The van der Waals surface area contributed by atoms with E-state index in [0.29, 0.717) is 6.16 Å². The molecule has 0 saturated carbocycles. The maximum Gasteiger partial charge on any atom is 0.555 e. The SMILES string of the molecule is C=C=CO[P+](=O)CC. The van der Waals surface area contributed by atoms with Crippen LogP contribution in [0.4, 0.5) is 0 Å². The summed E-state index contributed by atoms with van der Waals surface area (Å²) in [5.74, 6) is 0. The quantitative estimate of drug-likeness (QED) is 0.333. The molecule has 0 fully saturated rings. The van der Waals surface area contributed by atoms with E-state index in [2.05, 4.69) is 16.8 Å². The third-order valence-electron chi connectivity index (χ3n) is 0.512. The number of hydrogen-bond acceptors (Lipinski definition) is 2. The molecule has 3 heteroatoms. The Hall–Kier alpha value is -0.580. The van der Waals surface area contributed by atoms with E-state index >= 15 is 0 Å². The lowest BCUT2D eigenvalue weighted by atomic mass is 11.0. The van der Waals surface area contributed by atoms with E-state index in [1.165, 1.54) is 6.26 Å². The van der Waals surface area contributed by atoms with E-state index < -0.39 is 8.03 Å². The van der Waals surface area contributed by atoms with Crippen LogP contribution in [0, 0.1) is 0 Å². The van der Waals surface area contributed by atoms with Crippen LogP contribution in [0.5, 0.6) is 0 Å². The van der Waals surface area contributed by atoms with Gasteiger partial charge in [-0.15, -0.1) is 0 Å².